The van der Waals surface area contributed by atoms with Gasteiger partial charge in [-0.25, -0.2) is 34.2 Å². The van der Waals surface area contributed by atoms with Gasteiger partial charge in [0.25, 0.3) is 28.2 Å². The molecule has 27 nitrogen and oxygen atoms in total. The Balaban J connectivity index is 0.000000387. The quantitative estimate of drug-likeness (QED) is 0.0165. The fourth-order valence-electron chi connectivity index (χ4n) is 7.66. The molecule has 1 aliphatic heterocycles. The minimum atomic E-state index is -0.991. The zero-order chi connectivity index (χ0) is 64.1. The topological polar surface area (TPSA) is 460 Å². The molecule has 0 atom stereocenters. The summed E-state index contributed by atoms with van der Waals surface area (Å²) in [6, 6.07) is 47.9. The van der Waals surface area contributed by atoms with Crippen LogP contribution in [0.4, 0.5) is 0 Å². The van der Waals surface area contributed by atoms with Crippen LogP contribution in [0.2, 0.25) is 0 Å². The number of aliphatic carboxylic acids is 1. The minimum absolute atomic E-state index is 0. The first-order chi connectivity index (χ1) is 42.4. The second-order valence-corrected chi connectivity index (χ2v) is 17.8. The van der Waals surface area contributed by atoms with Crippen LogP contribution >= 0.6 is 11.6 Å². The molecule has 3 aromatic heterocycles. The number of hydrazine groups is 1. The molecule has 0 aliphatic carbocycles. The van der Waals surface area contributed by atoms with E-state index in [4.69, 9.17) is 45.6 Å². The Kier molecular flexibility index (Phi) is 33.9. The molecule has 0 fully saturated rings. The number of nitrogens with two attached hydrogens (primary N) is 2. The van der Waals surface area contributed by atoms with Crippen molar-refractivity contribution in [2.24, 2.45) is 11.7 Å². The van der Waals surface area contributed by atoms with E-state index in [1.165, 1.54) is 12.1 Å². The van der Waals surface area contributed by atoms with Gasteiger partial charge in [0.2, 0.25) is 11.8 Å². The van der Waals surface area contributed by atoms with Crippen LogP contribution in [-0.4, -0.2) is 101 Å². The third-order valence-corrected chi connectivity index (χ3v) is 11.8. The van der Waals surface area contributed by atoms with Crippen LogP contribution in [0.5, 0.6) is 11.8 Å². The van der Waals surface area contributed by atoms with Crippen LogP contribution in [0, 0.1) is 0 Å². The van der Waals surface area contributed by atoms with E-state index in [9.17, 15) is 43.2 Å². The molecule has 4 heterocycles. The van der Waals surface area contributed by atoms with Gasteiger partial charge < -0.3 is 44.8 Å². The van der Waals surface area contributed by atoms with Crippen LogP contribution < -0.4 is 94.8 Å². The Morgan fingerprint density at radius 2 is 0.813 bits per heavy atom. The number of carboxylic acid groups (broad SMARTS) is 2. The molecule has 0 spiro atoms. The van der Waals surface area contributed by atoms with E-state index in [2.05, 4.69) is 47.0 Å². The Labute approximate surface area is 563 Å². The van der Waals surface area contributed by atoms with Crippen molar-refractivity contribution in [1.82, 2.24) is 30.6 Å². The number of esters is 4. The molecule has 0 amide bonds. The Hall–Kier alpha value is -9.85. The summed E-state index contributed by atoms with van der Waals surface area (Å²) in [5.74, 6) is 5.46. The number of H-pyrrole nitrogens is 4. The minimum Gasteiger partial charge on any atom is -0.870 e. The second-order valence-electron chi connectivity index (χ2n) is 17.6. The first-order valence-electron chi connectivity index (χ1n) is 26.1. The summed E-state index contributed by atoms with van der Waals surface area (Å²) in [6.45, 7) is 5.72. The van der Waals surface area contributed by atoms with Crippen molar-refractivity contribution in [3.8, 4) is 11.8 Å². The fraction of sp³-hybridized carbons (Fsp3) is 0.129. The molecule has 11 rings (SSSR count). The van der Waals surface area contributed by atoms with Crippen molar-refractivity contribution in [2.75, 3.05) is 13.2 Å². The summed E-state index contributed by atoms with van der Waals surface area (Å²) in [7, 11) is 0. The van der Waals surface area contributed by atoms with Crippen LogP contribution in [0.1, 0.15) is 89.3 Å². The molecule has 0 unspecified atom stereocenters. The van der Waals surface area contributed by atoms with Crippen LogP contribution in [0.15, 0.2) is 189 Å². The van der Waals surface area contributed by atoms with E-state index in [0.29, 0.717) is 91.0 Å². The summed E-state index contributed by atoms with van der Waals surface area (Å²) in [5, 5.41) is 36.7. The van der Waals surface area contributed by atoms with E-state index in [1.807, 2.05) is 18.2 Å². The predicted octanol–water partition coefficient (Wildman–Crippen LogP) is 3.61. The van der Waals surface area contributed by atoms with Gasteiger partial charge in [0, 0.05) is 12.8 Å². The van der Waals surface area contributed by atoms with Crippen molar-refractivity contribution >= 4 is 79.7 Å². The number of carboxylic acids is 2. The maximum Gasteiger partial charge on any atom is 1.00 e. The van der Waals surface area contributed by atoms with Crippen LogP contribution in [-0.2, 0) is 38.1 Å². The number of hydrogen-bond acceptors (Lipinski definition) is 20. The zero-order valence-corrected chi connectivity index (χ0v) is 53.0. The Morgan fingerprint density at radius 3 is 1.18 bits per heavy atom. The Bertz CT molecular complexity index is 4250. The van der Waals surface area contributed by atoms with Gasteiger partial charge in [0.05, 0.1) is 73.3 Å². The average molecular weight is 1300 g/mol. The molecule has 10 aromatic rings. The number of carbonyl (C=O) groups excluding carboxylic acids is 4. The molecule has 470 valence electrons. The monoisotopic (exact) mass is 1290 g/mol. The molecule has 0 saturated carbocycles. The SMILES string of the molecule is CC(=O)O.CCOC(=O)c1cccc(CCl)c1.CCOC(=O)c1cccc(COc2n[nH]c(=O)c3ccccc23)c1.NN.O.O=C(O)c1cccc(COc2n[nH]c(=O)c3ccccc23)c1.O=C1OC(=O)c2ccccc21.O=c1[nH][nH]c(=O)c2ccccc12.[K+].[OH-]. The number of aromatic amines is 4. The number of carbonyl (C=O) groups is 6. The maximum absolute atomic E-state index is 11.8. The van der Waals surface area contributed by atoms with Crippen molar-refractivity contribution < 1.29 is 125 Å². The molecule has 1 aliphatic rings. The van der Waals surface area contributed by atoms with Crippen LogP contribution in [0.3, 0.4) is 0 Å². The van der Waals surface area contributed by atoms with Gasteiger partial charge in [0.15, 0.2) is 0 Å². The van der Waals surface area contributed by atoms with Gasteiger partial charge in [0.1, 0.15) is 13.2 Å². The number of rotatable bonds is 12. The van der Waals surface area contributed by atoms with Crippen LogP contribution in [0.25, 0.3) is 32.3 Å². The average Bonchev–Trinajstić information content (AvgIpc) is 1.74. The number of cyclic esters (lactones) is 2. The smallest absolute Gasteiger partial charge is 0.870 e. The summed E-state index contributed by atoms with van der Waals surface area (Å²) in [4.78, 5) is 110. The number of nitrogens with one attached hydrogen (secondary N) is 4. The molecule has 0 saturated heterocycles. The molecule has 7 aromatic carbocycles. The number of benzene rings is 7. The van der Waals surface area contributed by atoms with Crippen molar-refractivity contribution in [3.63, 3.8) is 0 Å². The van der Waals surface area contributed by atoms with E-state index in [1.54, 1.807) is 153 Å². The first-order valence-corrected chi connectivity index (χ1v) is 26.6. The molecule has 0 radical (unpaired) electrons. The van der Waals surface area contributed by atoms with Crippen molar-refractivity contribution in [1.29, 1.82) is 0 Å². The van der Waals surface area contributed by atoms with Gasteiger partial charge in [-0.1, -0.05) is 84.9 Å². The van der Waals surface area contributed by atoms with E-state index < -0.39 is 23.9 Å². The molecular weight excluding hydrogens is 1240 g/mol. The standard InChI is InChI=1S/C18H16N2O4.C16H12N2O4.C10H11ClO2.C8H6N2O2.C8H4O3.C2H4O2.K.H4N2.2H2O/c1-2-23-18(22)13-7-5-6-12(10-13)11-24-17-15-9-4-3-8-14(15)16(21)19-20-17;19-14-12-6-1-2-7-13(12)15(18-17-14)22-9-10-4-3-5-11(8-10)16(20)21;1-2-13-10(12)9-5-3-4-8(6-9)7-11;11-7-5-3-1-2-4-6(5)8(12)10-9-7;9-7-5-3-1-2-4-6(5)8(10)11-7;1-2(3)4;;1-2;;/h3-10H,2,11H2,1H3,(H,19,21);1-8H,9H2,(H,17,19)(H,20,21);3-6H,2,7H2,1H3;1-4H,(H,9,11)(H,10,12);1-4H;1H3,(H,3,4);;1-2H2;2*1H2/q;;;;;;+1;;;/p-1. The number of alkyl halides is 1. The summed E-state index contributed by atoms with van der Waals surface area (Å²) < 4.78 is 25.5. The van der Waals surface area contributed by atoms with E-state index >= 15 is 0 Å². The molecule has 0 bridgehead atoms. The summed E-state index contributed by atoms with van der Waals surface area (Å²) in [5.41, 5.74) is 3.28. The number of hydrogen-bond donors (Lipinski definition) is 8. The van der Waals surface area contributed by atoms with Gasteiger partial charge in [-0.3, -0.25) is 45.9 Å². The molecule has 91 heavy (non-hydrogen) atoms. The fourth-order valence-corrected chi connectivity index (χ4v) is 7.82. The first kappa shape index (κ1) is 77.2. The summed E-state index contributed by atoms with van der Waals surface area (Å²) >= 11 is 5.63. The molecule has 13 N–H and O–H groups in total. The zero-order valence-electron chi connectivity index (χ0n) is 49.1. The normalized spacial score (nSPS) is 10.2. The van der Waals surface area contributed by atoms with Gasteiger partial charge >= 0.3 is 81.2 Å². The number of aromatic nitrogens is 6. The number of ether oxygens (including phenoxy) is 5. The van der Waals surface area contributed by atoms with Gasteiger partial charge in [-0.05, 0) is 115 Å². The van der Waals surface area contributed by atoms with E-state index in [0.717, 1.165) is 18.1 Å². The van der Waals surface area contributed by atoms with E-state index in [-0.39, 0.29) is 115 Å². The van der Waals surface area contributed by atoms with Gasteiger partial charge in [-0.15, -0.1) is 21.8 Å². The third kappa shape index (κ3) is 23.2. The second kappa shape index (κ2) is 39.9. The third-order valence-electron chi connectivity index (χ3n) is 11.5. The summed E-state index contributed by atoms with van der Waals surface area (Å²) in [6.07, 6.45) is 0. The number of halogens is 1. The number of fused-ring (bicyclic) bond motifs is 4. The number of aromatic carboxylic acids is 1. The van der Waals surface area contributed by atoms with Crippen molar-refractivity contribution in [2.45, 2.75) is 39.9 Å². The van der Waals surface area contributed by atoms with Gasteiger partial charge in [-0.2, -0.15) is 0 Å². The Morgan fingerprint density at radius 1 is 0.495 bits per heavy atom. The molecule has 29 heteroatoms. The largest absolute Gasteiger partial charge is 1.00 e. The predicted molar refractivity (Wildman–Crippen MR) is 330 cm³/mol. The maximum atomic E-state index is 11.8. The number of nitrogens with zero attached hydrogens (tertiary/aromatic N) is 2. The van der Waals surface area contributed by atoms with Crippen molar-refractivity contribution in [3.05, 3.63) is 256 Å². The molecular formula is C62H60ClKN8O19.